The standard InChI is InChI=1S/C18H20N2O2/c21-17(15-7-3-1-4-8-15)18(22)20-13-11-19(12-14-20)16-9-5-2-6-10-16/h1-10,17,21H,11-14H2. The molecule has 0 saturated carbocycles. The number of anilines is 1. The molecule has 0 aromatic heterocycles. The van der Waals surface area contributed by atoms with Crippen molar-refractivity contribution in [3.05, 3.63) is 66.2 Å². The number of amides is 1. The molecule has 1 fully saturated rings. The maximum Gasteiger partial charge on any atom is 0.256 e. The van der Waals surface area contributed by atoms with Crippen LogP contribution in [-0.4, -0.2) is 42.1 Å². The summed E-state index contributed by atoms with van der Waals surface area (Å²) in [6.07, 6.45) is -1.07. The number of aliphatic hydroxyl groups excluding tert-OH is 1. The second-order valence-corrected chi connectivity index (χ2v) is 5.46. The Labute approximate surface area is 130 Å². The highest BCUT2D eigenvalue weighted by atomic mass is 16.3. The second kappa shape index (κ2) is 6.62. The van der Waals surface area contributed by atoms with E-state index in [4.69, 9.17) is 0 Å². The molecule has 0 radical (unpaired) electrons. The van der Waals surface area contributed by atoms with E-state index >= 15 is 0 Å². The van der Waals surface area contributed by atoms with Gasteiger partial charge in [-0.05, 0) is 17.7 Å². The number of aliphatic hydroxyl groups is 1. The Hall–Kier alpha value is -2.33. The number of nitrogens with zero attached hydrogens (tertiary/aromatic N) is 2. The zero-order chi connectivity index (χ0) is 15.4. The highest BCUT2D eigenvalue weighted by Gasteiger charge is 2.26. The zero-order valence-corrected chi connectivity index (χ0v) is 12.4. The lowest BCUT2D eigenvalue weighted by Crippen LogP contribution is -2.50. The molecule has 1 N–H and O–H groups in total. The predicted molar refractivity (Wildman–Crippen MR) is 86.6 cm³/mol. The van der Waals surface area contributed by atoms with Crippen LogP contribution in [0.2, 0.25) is 0 Å². The lowest BCUT2D eigenvalue weighted by atomic mass is 10.1. The van der Waals surface area contributed by atoms with E-state index in [2.05, 4.69) is 17.0 Å². The lowest BCUT2D eigenvalue weighted by molar-refractivity contribution is -0.140. The van der Waals surface area contributed by atoms with Crippen LogP contribution in [0.25, 0.3) is 0 Å². The van der Waals surface area contributed by atoms with Crippen molar-refractivity contribution in [1.29, 1.82) is 0 Å². The first-order valence-corrected chi connectivity index (χ1v) is 7.57. The third-order valence-corrected chi connectivity index (χ3v) is 4.06. The van der Waals surface area contributed by atoms with Crippen LogP contribution in [0.3, 0.4) is 0 Å². The van der Waals surface area contributed by atoms with Gasteiger partial charge in [-0.3, -0.25) is 4.79 Å². The van der Waals surface area contributed by atoms with Crippen molar-refractivity contribution in [3.63, 3.8) is 0 Å². The van der Waals surface area contributed by atoms with Gasteiger partial charge in [0, 0.05) is 31.9 Å². The van der Waals surface area contributed by atoms with Crippen LogP contribution in [0.15, 0.2) is 60.7 Å². The van der Waals surface area contributed by atoms with E-state index in [0.29, 0.717) is 18.7 Å². The molecule has 114 valence electrons. The van der Waals surface area contributed by atoms with E-state index in [0.717, 1.165) is 13.1 Å². The molecular weight excluding hydrogens is 276 g/mol. The van der Waals surface area contributed by atoms with Crippen LogP contribution in [0, 0.1) is 0 Å². The average Bonchev–Trinajstić information content (AvgIpc) is 2.62. The quantitative estimate of drug-likeness (QED) is 0.943. The van der Waals surface area contributed by atoms with E-state index in [1.165, 1.54) is 5.69 Å². The van der Waals surface area contributed by atoms with E-state index in [1.54, 1.807) is 17.0 Å². The van der Waals surface area contributed by atoms with Gasteiger partial charge in [-0.15, -0.1) is 0 Å². The Bertz CT molecular complexity index is 607. The minimum Gasteiger partial charge on any atom is -0.378 e. The SMILES string of the molecule is O=C(C(O)c1ccccc1)N1CCN(c2ccccc2)CC1. The smallest absolute Gasteiger partial charge is 0.256 e. The van der Waals surface area contributed by atoms with Crippen molar-refractivity contribution >= 4 is 11.6 Å². The van der Waals surface area contributed by atoms with Crippen molar-refractivity contribution in [2.24, 2.45) is 0 Å². The minimum absolute atomic E-state index is 0.209. The summed E-state index contributed by atoms with van der Waals surface area (Å²) in [5, 5.41) is 10.2. The molecule has 2 aromatic carbocycles. The van der Waals surface area contributed by atoms with Crippen molar-refractivity contribution in [2.75, 3.05) is 31.1 Å². The second-order valence-electron chi connectivity index (χ2n) is 5.46. The summed E-state index contributed by atoms with van der Waals surface area (Å²) >= 11 is 0. The van der Waals surface area contributed by atoms with Gasteiger partial charge in [0.15, 0.2) is 6.10 Å². The summed E-state index contributed by atoms with van der Waals surface area (Å²) in [7, 11) is 0. The van der Waals surface area contributed by atoms with Crippen molar-refractivity contribution in [3.8, 4) is 0 Å². The van der Waals surface area contributed by atoms with Crippen molar-refractivity contribution in [1.82, 2.24) is 4.90 Å². The lowest BCUT2D eigenvalue weighted by Gasteiger charge is -2.37. The topological polar surface area (TPSA) is 43.8 Å². The van der Waals surface area contributed by atoms with Gasteiger partial charge in [0.25, 0.3) is 5.91 Å². The average molecular weight is 296 g/mol. The molecule has 1 aliphatic rings. The van der Waals surface area contributed by atoms with E-state index < -0.39 is 6.10 Å². The molecule has 4 nitrogen and oxygen atoms in total. The molecule has 0 bridgehead atoms. The highest BCUT2D eigenvalue weighted by Crippen LogP contribution is 2.19. The largest absolute Gasteiger partial charge is 0.378 e. The van der Waals surface area contributed by atoms with E-state index in [9.17, 15) is 9.90 Å². The fourth-order valence-corrected chi connectivity index (χ4v) is 2.77. The first-order chi connectivity index (χ1) is 10.8. The molecule has 1 amide bonds. The Morgan fingerprint density at radius 2 is 1.41 bits per heavy atom. The number of para-hydroxylation sites is 1. The molecule has 4 heteroatoms. The Kier molecular flexibility index (Phi) is 4.39. The maximum absolute atomic E-state index is 12.4. The fourth-order valence-electron chi connectivity index (χ4n) is 2.77. The highest BCUT2D eigenvalue weighted by molar-refractivity contribution is 5.82. The summed E-state index contributed by atoms with van der Waals surface area (Å²) in [4.78, 5) is 16.4. The van der Waals surface area contributed by atoms with Gasteiger partial charge in [-0.1, -0.05) is 48.5 Å². The van der Waals surface area contributed by atoms with Gasteiger partial charge in [0.05, 0.1) is 0 Å². The number of rotatable bonds is 3. The van der Waals surface area contributed by atoms with Gasteiger partial charge >= 0.3 is 0 Å². The minimum atomic E-state index is -1.07. The molecular formula is C18H20N2O2. The fraction of sp³-hybridized carbons (Fsp3) is 0.278. The van der Waals surface area contributed by atoms with Gasteiger partial charge < -0.3 is 14.9 Å². The van der Waals surface area contributed by atoms with Crippen molar-refractivity contribution in [2.45, 2.75) is 6.10 Å². The van der Waals surface area contributed by atoms with Gasteiger partial charge in [0.1, 0.15) is 0 Å². The molecule has 1 unspecified atom stereocenters. The molecule has 22 heavy (non-hydrogen) atoms. The van der Waals surface area contributed by atoms with Crippen LogP contribution in [0.4, 0.5) is 5.69 Å². The van der Waals surface area contributed by atoms with Crippen LogP contribution in [0.5, 0.6) is 0 Å². The summed E-state index contributed by atoms with van der Waals surface area (Å²) in [6.45, 7) is 2.85. The number of hydrogen-bond donors (Lipinski definition) is 1. The normalized spacial score (nSPS) is 16.4. The summed E-state index contributed by atoms with van der Waals surface area (Å²) in [5.74, 6) is -0.209. The summed E-state index contributed by atoms with van der Waals surface area (Å²) in [6, 6.07) is 19.3. The van der Waals surface area contributed by atoms with Crippen LogP contribution in [-0.2, 0) is 4.79 Å². The summed E-state index contributed by atoms with van der Waals surface area (Å²) in [5.41, 5.74) is 1.83. The number of hydrogen-bond acceptors (Lipinski definition) is 3. The number of carbonyl (C=O) groups is 1. The first kappa shape index (κ1) is 14.6. The Morgan fingerprint density at radius 3 is 2.00 bits per heavy atom. The third-order valence-electron chi connectivity index (χ3n) is 4.06. The number of carbonyl (C=O) groups excluding carboxylic acids is 1. The van der Waals surface area contributed by atoms with Crippen LogP contribution >= 0.6 is 0 Å². The van der Waals surface area contributed by atoms with E-state index in [-0.39, 0.29) is 5.91 Å². The molecule has 1 saturated heterocycles. The monoisotopic (exact) mass is 296 g/mol. The zero-order valence-electron chi connectivity index (χ0n) is 12.4. The maximum atomic E-state index is 12.4. The predicted octanol–water partition coefficient (Wildman–Crippen LogP) is 2.07. The third kappa shape index (κ3) is 3.12. The van der Waals surface area contributed by atoms with E-state index in [1.807, 2.05) is 36.4 Å². The van der Waals surface area contributed by atoms with Gasteiger partial charge in [-0.2, -0.15) is 0 Å². The molecule has 1 aliphatic heterocycles. The first-order valence-electron chi connectivity index (χ1n) is 7.57. The number of benzene rings is 2. The van der Waals surface area contributed by atoms with Crippen molar-refractivity contribution < 1.29 is 9.90 Å². The summed E-state index contributed by atoms with van der Waals surface area (Å²) < 4.78 is 0. The molecule has 2 aromatic rings. The molecule has 3 rings (SSSR count). The van der Waals surface area contributed by atoms with Crippen LogP contribution < -0.4 is 4.90 Å². The molecule has 1 atom stereocenters. The van der Waals surface area contributed by atoms with Gasteiger partial charge in [-0.25, -0.2) is 0 Å². The van der Waals surface area contributed by atoms with Crippen LogP contribution in [0.1, 0.15) is 11.7 Å². The molecule has 0 spiro atoms. The number of piperazine rings is 1. The Morgan fingerprint density at radius 1 is 0.864 bits per heavy atom. The van der Waals surface area contributed by atoms with Gasteiger partial charge in [0.2, 0.25) is 0 Å². The Balaban J connectivity index is 1.60. The molecule has 0 aliphatic carbocycles. The molecule has 1 heterocycles.